The molecule has 0 fully saturated rings. The molecule has 0 aromatic heterocycles. The number of rotatable bonds is 9. The van der Waals surface area contributed by atoms with Crippen molar-refractivity contribution in [3.63, 3.8) is 0 Å². The molecule has 180 valence electrons. The Morgan fingerprint density at radius 3 is 2.20 bits per heavy atom. The van der Waals surface area contributed by atoms with E-state index in [-0.39, 0.29) is 17.5 Å². The number of ether oxygens (including phenoxy) is 1. The fourth-order valence-corrected chi connectivity index (χ4v) is 4.36. The number of carbonyl (C=O) groups is 2. The molecule has 1 N–H and O–H groups in total. The Bertz CT molecular complexity index is 1260. The van der Waals surface area contributed by atoms with Gasteiger partial charge in [-0.3, -0.25) is 9.59 Å². The fraction of sp³-hybridized carbons (Fsp3) is 0.267. The van der Waals surface area contributed by atoms with Crippen LogP contribution in [0.15, 0.2) is 72.4 Å². The minimum absolute atomic E-state index is 0.279. The number of amides is 2. The zero-order valence-electron chi connectivity index (χ0n) is 20.9. The summed E-state index contributed by atoms with van der Waals surface area (Å²) in [6.45, 7) is 8.65. The molecule has 0 atom stereocenters. The SMILES string of the molecule is CCCCc1ccc(N2C(=O)C(Nc3ccc(OCC)cc3)=C(c3ccc(C)cc3C)C2=O)cc1. The fourth-order valence-electron chi connectivity index (χ4n) is 4.36. The van der Waals surface area contributed by atoms with Gasteiger partial charge in [-0.15, -0.1) is 0 Å². The first-order chi connectivity index (χ1) is 16.9. The Morgan fingerprint density at radius 1 is 0.857 bits per heavy atom. The van der Waals surface area contributed by atoms with E-state index < -0.39 is 0 Å². The summed E-state index contributed by atoms with van der Waals surface area (Å²) in [5.74, 6) is 0.0668. The predicted octanol–water partition coefficient (Wildman–Crippen LogP) is 6.44. The third kappa shape index (κ3) is 5.14. The second-order valence-electron chi connectivity index (χ2n) is 8.87. The van der Waals surface area contributed by atoms with Crippen molar-refractivity contribution in [2.75, 3.05) is 16.8 Å². The summed E-state index contributed by atoms with van der Waals surface area (Å²) in [5.41, 5.74) is 5.95. The second kappa shape index (κ2) is 10.6. The average Bonchev–Trinajstić information content (AvgIpc) is 3.09. The molecule has 0 radical (unpaired) electrons. The van der Waals surface area contributed by atoms with Crippen LogP contribution in [0, 0.1) is 13.8 Å². The Balaban J connectivity index is 1.73. The van der Waals surface area contributed by atoms with Crippen LogP contribution >= 0.6 is 0 Å². The number of benzene rings is 3. The van der Waals surface area contributed by atoms with E-state index in [1.165, 1.54) is 10.5 Å². The molecule has 0 saturated heterocycles. The Labute approximate surface area is 207 Å². The third-order valence-corrected chi connectivity index (χ3v) is 6.18. The molecule has 4 rings (SSSR count). The first-order valence-electron chi connectivity index (χ1n) is 12.2. The van der Waals surface area contributed by atoms with Crippen LogP contribution < -0.4 is 15.0 Å². The van der Waals surface area contributed by atoms with Crippen molar-refractivity contribution in [3.05, 3.63) is 94.7 Å². The van der Waals surface area contributed by atoms with Crippen LogP contribution in [0.3, 0.4) is 0 Å². The van der Waals surface area contributed by atoms with Crippen molar-refractivity contribution in [2.45, 2.75) is 47.0 Å². The molecule has 0 bridgehead atoms. The number of nitrogens with zero attached hydrogens (tertiary/aromatic N) is 1. The van der Waals surface area contributed by atoms with Gasteiger partial charge in [0.05, 0.1) is 17.9 Å². The Morgan fingerprint density at radius 2 is 1.57 bits per heavy atom. The van der Waals surface area contributed by atoms with Gasteiger partial charge in [0, 0.05) is 5.69 Å². The molecule has 1 heterocycles. The number of aryl methyl sites for hydroxylation is 3. The molecule has 0 aliphatic carbocycles. The Kier molecular flexibility index (Phi) is 7.35. The highest BCUT2D eigenvalue weighted by Gasteiger charge is 2.40. The van der Waals surface area contributed by atoms with E-state index in [2.05, 4.69) is 12.2 Å². The molecule has 35 heavy (non-hydrogen) atoms. The summed E-state index contributed by atoms with van der Waals surface area (Å²) >= 11 is 0. The van der Waals surface area contributed by atoms with E-state index in [0.717, 1.165) is 41.7 Å². The average molecular weight is 469 g/mol. The van der Waals surface area contributed by atoms with E-state index in [9.17, 15) is 9.59 Å². The minimum Gasteiger partial charge on any atom is -0.494 e. The van der Waals surface area contributed by atoms with E-state index in [1.54, 1.807) is 0 Å². The summed E-state index contributed by atoms with van der Waals surface area (Å²) < 4.78 is 5.53. The lowest BCUT2D eigenvalue weighted by Gasteiger charge is -2.16. The monoisotopic (exact) mass is 468 g/mol. The molecule has 0 spiro atoms. The van der Waals surface area contributed by atoms with Crippen LogP contribution in [0.2, 0.25) is 0 Å². The molecule has 2 amide bonds. The van der Waals surface area contributed by atoms with Crippen LogP contribution in [0.1, 0.15) is 48.9 Å². The highest BCUT2D eigenvalue weighted by atomic mass is 16.5. The van der Waals surface area contributed by atoms with E-state index in [4.69, 9.17) is 4.74 Å². The first kappa shape index (κ1) is 24.3. The van der Waals surface area contributed by atoms with Gasteiger partial charge in [-0.25, -0.2) is 4.90 Å². The molecular formula is C30H32N2O3. The smallest absolute Gasteiger partial charge is 0.282 e. The van der Waals surface area contributed by atoms with Gasteiger partial charge < -0.3 is 10.1 Å². The summed E-state index contributed by atoms with van der Waals surface area (Å²) in [6.07, 6.45) is 3.21. The normalized spacial score (nSPS) is 13.5. The van der Waals surface area contributed by atoms with Gasteiger partial charge in [0.1, 0.15) is 11.4 Å². The van der Waals surface area contributed by atoms with Crippen molar-refractivity contribution in [3.8, 4) is 5.75 Å². The predicted molar refractivity (Wildman–Crippen MR) is 142 cm³/mol. The van der Waals surface area contributed by atoms with Gasteiger partial charge >= 0.3 is 0 Å². The van der Waals surface area contributed by atoms with Crippen LogP contribution in [-0.2, 0) is 16.0 Å². The Hall–Kier alpha value is -3.86. The number of carbonyl (C=O) groups excluding carboxylic acids is 2. The van der Waals surface area contributed by atoms with Crippen molar-refractivity contribution >= 4 is 28.8 Å². The zero-order chi connectivity index (χ0) is 24.9. The molecule has 1 aliphatic rings. The molecule has 0 saturated carbocycles. The highest BCUT2D eigenvalue weighted by molar-refractivity contribution is 6.46. The second-order valence-corrected chi connectivity index (χ2v) is 8.87. The van der Waals surface area contributed by atoms with Crippen LogP contribution in [0.5, 0.6) is 5.75 Å². The lowest BCUT2D eigenvalue weighted by atomic mass is 9.97. The summed E-state index contributed by atoms with van der Waals surface area (Å²) in [5, 5.41) is 3.23. The van der Waals surface area contributed by atoms with Crippen molar-refractivity contribution in [2.24, 2.45) is 0 Å². The lowest BCUT2D eigenvalue weighted by Crippen LogP contribution is -2.32. The van der Waals surface area contributed by atoms with Gasteiger partial charge in [-0.05, 0) is 86.7 Å². The maximum Gasteiger partial charge on any atom is 0.282 e. The molecule has 0 unspecified atom stereocenters. The maximum absolute atomic E-state index is 13.7. The van der Waals surface area contributed by atoms with Crippen LogP contribution in [0.4, 0.5) is 11.4 Å². The van der Waals surface area contributed by atoms with Gasteiger partial charge in [-0.1, -0.05) is 49.2 Å². The number of imide groups is 1. The van der Waals surface area contributed by atoms with Crippen molar-refractivity contribution in [1.82, 2.24) is 0 Å². The largest absolute Gasteiger partial charge is 0.494 e. The summed E-state index contributed by atoms with van der Waals surface area (Å²) in [4.78, 5) is 28.7. The summed E-state index contributed by atoms with van der Waals surface area (Å²) in [7, 11) is 0. The van der Waals surface area contributed by atoms with E-state index in [0.29, 0.717) is 23.6 Å². The summed E-state index contributed by atoms with van der Waals surface area (Å²) in [6, 6.07) is 21.0. The molecule has 3 aromatic rings. The van der Waals surface area contributed by atoms with E-state index >= 15 is 0 Å². The first-order valence-corrected chi connectivity index (χ1v) is 12.2. The standard InChI is InChI=1S/C30H32N2O3/c1-5-7-8-22-10-14-24(15-11-22)32-29(33)27(26-18-9-20(3)19-21(26)4)28(30(32)34)31-23-12-16-25(17-13-23)35-6-2/h9-19,31H,5-8H2,1-4H3. The van der Waals surface area contributed by atoms with Gasteiger partial charge in [0.25, 0.3) is 11.8 Å². The molecule has 3 aromatic carbocycles. The quantitative estimate of drug-likeness (QED) is 0.367. The van der Waals surface area contributed by atoms with Gasteiger partial charge in [0.15, 0.2) is 0 Å². The highest BCUT2D eigenvalue weighted by Crippen LogP contribution is 2.35. The molecule has 1 aliphatic heterocycles. The number of unbranched alkanes of at least 4 members (excludes halogenated alkanes) is 1. The third-order valence-electron chi connectivity index (χ3n) is 6.18. The van der Waals surface area contributed by atoms with Gasteiger partial charge in [0.2, 0.25) is 0 Å². The zero-order valence-corrected chi connectivity index (χ0v) is 20.9. The number of nitrogens with one attached hydrogen (secondary N) is 1. The number of hydrogen-bond acceptors (Lipinski definition) is 4. The maximum atomic E-state index is 13.7. The van der Waals surface area contributed by atoms with Crippen molar-refractivity contribution < 1.29 is 14.3 Å². The molecule has 5 nitrogen and oxygen atoms in total. The van der Waals surface area contributed by atoms with Crippen molar-refractivity contribution in [1.29, 1.82) is 0 Å². The number of anilines is 2. The van der Waals surface area contributed by atoms with Crippen LogP contribution in [-0.4, -0.2) is 18.4 Å². The van der Waals surface area contributed by atoms with E-state index in [1.807, 2.05) is 87.5 Å². The minimum atomic E-state index is -0.361. The topological polar surface area (TPSA) is 58.6 Å². The molecule has 5 heteroatoms. The molecular weight excluding hydrogens is 436 g/mol. The number of hydrogen-bond donors (Lipinski definition) is 1. The van der Waals surface area contributed by atoms with Gasteiger partial charge in [-0.2, -0.15) is 0 Å². The lowest BCUT2D eigenvalue weighted by molar-refractivity contribution is -0.120. The van der Waals surface area contributed by atoms with Crippen LogP contribution in [0.25, 0.3) is 5.57 Å².